The van der Waals surface area contributed by atoms with Crippen molar-refractivity contribution in [3.63, 3.8) is 0 Å². The molecule has 1 N–H and O–H groups in total. The van der Waals surface area contributed by atoms with Crippen molar-refractivity contribution in [3.05, 3.63) is 59.2 Å². The Morgan fingerprint density at radius 3 is 2.54 bits per heavy atom. The second-order valence-corrected chi connectivity index (χ2v) is 5.61. The second kappa shape index (κ2) is 7.38. The van der Waals surface area contributed by atoms with Gasteiger partial charge in [0.15, 0.2) is 17.6 Å². The topological polar surface area (TPSA) is 73.9 Å². The molecular formula is C18H15F2NO5. The Hall–Kier alpha value is -3.16. The normalized spacial score (nSPS) is 13.2. The first-order valence-electron chi connectivity index (χ1n) is 7.75. The molecule has 1 heterocycles. The third-order valence-corrected chi connectivity index (χ3v) is 3.66. The van der Waals surface area contributed by atoms with Crippen LogP contribution < -0.4 is 14.8 Å². The summed E-state index contributed by atoms with van der Waals surface area (Å²) in [5, 5.41) is 2.61. The Kier molecular flexibility index (Phi) is 5.01. The molecule has 0 spiro atoms. The lowest BCUT2D eigenvalue weighted by molar-refractivity contribution is -0.129. The highest BCUT2D eigenvalue weighted by Crippen LogP contribution is 2.32. The molecule has 0 unspecified atom stereocenters. The summed E-state index contributed by atoms with van der Waals surface area (Å²) in [4.78, 5) is 24.0. The molecule has 0 bridgehead atoms. The Bertz CT molecular complexity index is 835. The summed E-state index contributed by atoms with van der Waals surface area (Å²) < 4.78 is 41.7. The zero-order valence-electron chi connectivity index (χ0n) is 13.8. The van der Waals surface area contributed by atoms with Crippen molar-refractivity contribution >= 4 is 11.9 Å². The van der Waals surface area contributed by atoms with Gasteiger partial charge in [-0.25, -0.2) is 13.6 Å². The minimum absolute atomic E-state index is 0.152. The summed E-state index contributed by atoms with van der Waals surface area (Å²) in [6.45, 7) is 1.70. The fourth-order valence-corrected chi connectivity index (χ4v) is 2.34. The van der Waals surface area contributed by atoms with E-state index in [0.29, 0.717) is 17.6 Å². The molecule has 1 aliphatic rings. The first kappa shape index (κ1) is 17.7. The van der Waals surface area contributed by atoms with Crippen LogP contribution >= 0.6 is 0 Å². The minimum Gasteiger partial charge on any atom is -0.454 e. The van der Waals surface area contributed by atoms with Crippen molar-refractivity contribution in [1.29, 1.82) is 0 Å². The first-order valence-corrected chi connectivity index (χ1v) is 7.75. The van der Waals surface area contributed by atoms with Gasteiger partial charge < -0.3 is 19.5 Å². The van der Waals surface area contributed by atoms with E-state index in [2.05, 4.69) is 5.32 Å². The van der Waals surface area contributed by atoms with Crippen molar-refractivity contribution in [2.75, 3.05) is 6.79 Å². The highest BCUT2D eigenvalue weighted by molar-refractivity contribution is 5.92. The Morgan fingerprint density at radius 2 is 1.81 bits per heavy atom. The summed E-state index contributed by atoms with van der Waals surface area (Å²) in [6.07, 6.45) is -1.14. The molecule has 1 atom stereocenters. The van der Waals surface area contributed by atoms with Crippen LogP contribution in [0.25, 0.3) is 0 Å². The Labute approximate surface area is 147 Å². The van der Waals surface area contributed by atoms with E-state index in [1.807, 2.05) is 0 Å². The number of benzene rings is 2. The van der Waals surface area contributed by atoms with Gasteiger partial charge in [0.1, 0.15) is 11.6 Å². The van der Waals surface area contributed by atoms with Crippen LogP contribution in [-0.4, -0.2) is 24.8 Å². The van der Waals surface area contributed by atoms with Crippen LogP contribution in [0.4, 0.5) is 8.78 Å². The van der Waals surface area contributed by atoms with E-state index < -0.39 is 29.6 Å². The molecule has 1 amide bonds. The quantitative estimate of drug-likeness (QED) is 0.827. The number of halogens is 2. The molecule has 0 aliphatic carbocycles. The highest BCUT2D eigenvalue weighted by atomic mass is 19.1. The van der Waals surface area contributed by atoms with Gasteiger partial charge >= 0.3 is 5.97 Å². The van der Waals surface area contributed by atoms with E-state index in [1.165, 1.54) is 6.92 Å². The van der Waals surface area contributed by atoms with Gasteiger partial charge in [-0.1, -0.05) is 6.07 Å². The van der Waals surface area contributed by atoms with Crippen LogP contribution in [0.1, 0.15) is 22.8 Å². The zero-order chi connectivity index (χ0) is 18.7. The average molecular weight is 363 g/mol. The summed E-state index contributed by atoms with van der Waals surface area (Å²) in [5.74, 6) is -2.13. The van der Waals surface area contributed by atoms with E-state index in [1.54, 1.807) is 18.2 Å². The lowest BCUT2D eigenvalue weighted by atomic mass is 10.2. The summed E-state index contributed by atoms with van der Waals surface area (Å²) in [7, 11) is 0. The molecule has 0 aromatic heterocycles. The lowest BCUT2D eigenvalue weighted by Crippen LogP contribution is -2.35. The van der Waals surface area contributed by atoms with Gasteiger partial charge in [-0.05, 0) is 36.8 Å². The molecule has 0 radical (unpaired) electrons. The second-order valence-electron chi connectivity index (χ2n) is 5.61. The van der Waals surface area contributed by atoms with E-state index in [4.69, 9.17) is 14.2 Å². The standard InChI is InChI=1S/C18H15F2NO5/c1-10(26-18(23)12-5-13(19)7-14(20)6-12)17(22)21-8-11-2-3-15-16(4-11)25-9-24-15/h2-7,10H,8-9H2,1H3,(H,21,22)/t10-/m1/s1. The van der Waals surface area contributed by atoms with Crippen LogP contribution in [0.15, 0.2) is 36.4 Å². The lowest BCUT2D eigenvalue weighted by Gasteiger charge is -2.14. The maximum absolute atomic E-state index is 13.1. The van der Waals surface area contributed by atoms with Crippen molar-refractivity contribution < 1.29 is 32.6 Å². The molecule has 1 aliphatic heterocycles. The number of carbonyl (C=O) groups is 2. The number of nitrogens with one attached hydrogen (secondary N) is 1. The molecule has 0 saturated carbocycles. The highest BCUT2D eigenvalue weighted by Gasteiger charge is 2.20. The summed E-state index contributed by atoms with van der Waals surface area (Å²) in [5.41, 5.74) is 0.464. The molecule has 0 fully saturated rings. The number of hydrogen-bond acceptors (Lipinski definition) is 5. The number of amides is 1. The van der Waals surface area contributed by atoms with Gasteiger partial charge in [0.05, 0.1) is 5.56 Å². The first-order chi connectivity index (χ1) is 12.4. The molecule has 3 rings (SSSR count). The smallest absolute Gasteiger partial charge is 0.339 e. The number of rotatable bonds is 5. The predicted octanol–water partition coefficient (Wildman–Crippen LogP) is 2.56. The van der Waals surface area contributed by atoms with Gasteiger partial charge in [-0.3, -0.25) is 4.79 Å². The SMILES string of the molecule is C[C@@H](OC(=O)c1cc(F)cc(F)c1)C(=O)NCc1ccc2c(c1)OCO2. The molecule has 2 aromatic rings. The number of ether oxygens (including phenoxy) is 3. The fraction of sp³-hybridized carbons (Fsp3) is 0.222. The maximum atomic E-state index is 13.1. The maximum Gasteiger partial charge on any atom is 0.339 e. The van der Waals surface area contributed by atoms with Crippen LogP contribution in [0.3, 0.4) is 0 Å². The Morgan fingerprint density at radius 1 is 1.12 bits per heavy atom. The Balaban J connectivity index is 1.55. The van der Waals surface area contributed by atoms with Crippen LogP contribution in [0.5, 0.6) is 11.5 Å². The monoisotopic (exact) mass is 363 g/mol. The van der Waals surface area contributed by atoms with E-state index >= 15 is 0 Å². The van der Waals surface area contributed by atoms with E-state index in [-0.39, 0.29) is 18.9 Å². The van der Waals surface area contributed by atoms with E-state index in [9.17, 15) is 18.4 Å². The van der Waals surface area contributed by atoms with Crippen molar-refractivity contribution in [3.8, 4) is 11.5 Å². The molecular weight excluding hydrogens is 348 g/mol. The predicted molar refractivity (Wildman–Crippen MR) is 85.6 cm³/mol. The average Bonchev–Trinajstić information content (AvgIpc) is 3.06. The van der Waals surface area contributed by atoms with Crippen molar-refractivity contribution in [2.45, 2.75) is 19.6 Å². The molecule has 136 valence electrons. The number of hydrogen-bond donors (Lipinski definition) is 1. The third kappa shape index (κ3) is 4.08. The molecule has 8 heteroatoms. The largest absolute Gasteiger partial charge is 0.454 e. The van der Waals surface area contributed by atoms with Crippen molar-refractivity contribution in [1.82, 2.24) is 5.32 Å². The van der Waals surface area contributed by atoms with Gasteiger partial charge in [-0.15, -0.1) is 0 Å². The summed E-state index contributed by atoms with van der Waals surface area (Å²) >= 11 is 0. The van der Waals surface area contributed by atoms with Crippen LogP contribution in [-0.2, 0) is 16.1 Å². The van der Waals surface area contributed by atoms with Gasteiger partial charge in [0.25, 0.3) is 5.91 Å². The molecule has 0 saturated heterocycles. The summed E-state index contributed by atoms with van der Waals surface area (Å²) in [6, 6.07) is 7.53. The van der Waals surface area contributed by atoms with Gasteiger partial charge in [0.2, 0.25) is 6.79 Å². The number of carbonyl (C=O) groups excluding carboxylic acids is 2. The zero-order valence-corrected chi connectivity index (χ0v) is 13.8. The number of fused-ring (bicyclic) bond motifs is 1. The molecule has 26 heavy (non-hydrogen) atoms. The minimum atomic E-state index is -1.14. The van der Waals surface area contributed by atoms with Crippen LogP contribution in [0.2, 0.25) is 0 Å². The third-order valence-electron chi connectivity index (χ3n) is 3.66. The van der Waals surface area contributed by atoms with E-state index in [0.717, 1.165) is 17.7 Å². The van der Waals surface area contributed by atoms with Gasteiger partial charge in [0, 0.05) is 12.6 Å². The van der Waals surface area contributed by atoms with Crippen LogP contribution in [0, 0.1) is 11.6 Å². The number of esters is 1. The van der Waals surface area contributed by atoms with Crippen molar-refractivity contribution in [2.24, 2.45) is 0 Å². The molecule has 2 aromatic carbocycles. The molecule has 6 nitrogen and oxygen atoms in total. The fourth-order valence-electron chi connectivity index (χ4n) is 2.34. The van der Waals surface area contributed by atoms with Gasteiger partial charge in [-0.2, -0.15) is 0 Å².